The van der Waals surface area contributed by atoms with Crippen molar-refractivity contribution in [2.75, 3.05) is 13.2 Å². The Morgan fingerprint density at radius 2 is 2.00 bits per heavy atom. The van der Waals surface area contributed by atoms with Crippen LogP contribution in [0, 0.1) is 0 Å². The number of carbonyl (C=O) groups is 1. The molecule has 0 saturated heterocycles. The van der Waals surface area contributed by atoms with Crippen LogP contribution in [0.25, 0.3) is 0 Å². The van der Waals surface area contributed by atoms with Gasteiger partial charge in [-0.2, -0.15) is 0 Å². The van der Waals surface area contributed by atoms with E-state index >= 15 is 0 Å². The Bertz CT molecular complexity index is 421. The van der Waals surface area contributed by atoms with Crippen LogP contribution in [0.2, 0.25) is 0 Å². The summed E-state index contributed by atoms with van der Waals surface area (Å²) in [6, 6.07) is 0. The van der Waals surface area contributed by atoms with Crippen LogP contribution in [0.4, 0.5) is 0 Å². The smallest absolute Gasteiger partial charge is 0.341 e. The molecule has 0 aliphatic rings. The molecule has 0 saturated carbocycles. The molecule has 0 fully saturated rings. The fourth-order valence-corrected chi connectivity index (χ4v) is 1.81. The zero-order chi connectivity index (χ0) is 14.3. The SMILES string of the molecule is CCOC(=O)c1cnc(C(CC)OCC)nc1CC. The highest BCUT2D eigenvalue weighted by Crippen LogP contribution is 2.19. The van der Waals surface area contributed by atoms with E-state index in [-0.39, 0.29) is 12.1 Å². The Balaban J connectivity index is 3.04. The minimum atomic E-state index is -0.365. The molecule has 0 aromatic carbocycles. The zero-order valence-electron chi connectivity index (χ0n) is 12.1. The maximum atomic E-state index is 11.8. The van der Waals surface area contributed by atoms with Crippen molar-refractivity contribution >= 4 is 5.97 Å². The van der Waals surface area contributed by atoms with E-state index in [9.17, 15) is 4.79 Å². The topological polar surface area (TPSA) is 61.3 Å². The number of nitrogens with zero attached hydrogens (tertiary/aromatic N) is 2. The predicted molar refractivity (Wildman–Crippen MR) is 72.0 cm³/mol. The average Bonchev–Trinajstić information content (AvgIpc) is 2.44. The van der Waals surface area contributed by atoms with Crippen molar-refractivity contribution in [1.82, 2.24) is 9.97 Å². The van der Waals surface area contributed by atoms with Gasteiger partial charge in [0.15, 0.2) is 5.82 Å². The first-order chi connectivity index (χ1) is 9.17. The Kier molecular flexibility index (Phi) is 6.42. The van der Waals surface area contributed by atoms with Crippen LogP contribution in [0.15, 0.2) is 6.20 Å². The monoisotopic (exact) mass is 266 g/mol. The van der Waals surface area contributed by atoms with Crippen LogP contribution in [0.1, 0.15) is 62.1 Å². The highest BCUT2D eigenvalue weighted by atomic mass is 16.5. The van der Waals surface area contributed by atoms with E-state index in [0.29, 0.717) is 36.7 Å². The fourth-order valence-electron chi connectivity index (χ4n) is 1.81. The number of ether oxygens (including phenoxy) is 2. The summed E-state index contributed by atoms with van der Waals surface area (Å²) in [5, 5.41) is 0. The van der Waals surface area contributed by atoms with Crippen LogP contribution in [-0.4, -0.2) is 29.2 Å². The second-order valence-corrected chi connectivity index (χ2v) is 4.01. The third kappa shape index (κ3) is 3.99. The van der Waals surface area contributed by atoms with E-state index in [4.69, 9.17) is 9.47 Å². The van der Waals surface area contributed by atoms with Crippen molar-refractivity contribution in [2.24, 2.45) is 0 Å². The molecule has 0 amide bonds. The van der Waals surface area contributed by atoms with Gasteiger partial charge in [0, 0.05) is 12.8 Å². The summed E-state index contributed by atoms with van der Waals surface area (Å²) in [6.07, 6.45) is 2.88. The third-order valence-electron chi connectivity index (χ3n) is 2.74. The molecular formula is C14H22N2O3. The lowest BCUT2D eigenvalue weighted by molar-refractivity contribution is 0.0504. The number of aromatic nitrogens is 2. The maximum absolute atomic E-state index is 11.8. The van der Waals surface area contributed by atoms with Gasteiger partial charge in [-0.15, -0.1) is 0 Å². The molecule has 5 heteroatoms. The van der Waals surface area contributed by atoms with Gasteiger partial charge < -0.3 is 9.47 Å². The molecule has 0 N–H and O–H groups in total. The Morgan fingerprint density at radius 3 is 2.53 bits per heavy atom. The summed E-state index contributed by atoms with van der Waals surface area (Å²) in [7, 11) is 0. The summed E-state index contributed by atoms with van der Waals surface area (Å²) >= 11 is 0. The number of aryl methyl sites for hydroxylation is 1. The molecule has 1 unspecified atom stereocenters. The van der Waals surface area contributed by atoms with E-state index in [1.165, 1.54) is 0 Å². The maximum Gasteiger partial charge on any atom is 0.341 e. The quantitative estimate of drug-likeness (QED) is 0.710. The molecule has 1 aromatic rings. The third-order valence-corrected chi connectivity index (χ3v) is 2.74. The lowest BCUT2D eigenvalue weighted by Gasteiger charge is -2.15. The summed E-state index contributed by atoms with van der Waals surface area (Å²) in [5.41, 5.74) is 1.15. The number of esters is 1. The largest absolute Gasteiger partial charge is 0.462 e. The Hall–Kier alpha value is -1.49. The minimum Gasteiger partial charge on any atom is -0.462 e. The number of rotatable bonds is 7. The molecule has 1 heterocycles. The van der Waals surface area contributed by atoms with Crippen molar-refractivity contribution in [2.45, 2.75) is 46.6 Å². The summed E-state index contributed by atoms with van der Waals surface area (Å²) in [6.45, 7) is 8.66. The molecule has 1 atom stereocenters. The summed E-state index contributed by atoms with van der Waals surface area (Å²) < 4.78 is 10.6. The minimum absolute atomic E-state index is 0.119. The lowest BCUT2D eigenvalue weighted by Crippen LogP contribution is -2.14. The lowest BCUT2D eigenvalue weighted by atomic mass is 10.1. The van der Waals surface area contributed by atoms with Gasteiger partial charge in [0.1, 0.15) is 6.10 Å². The first-order valence-electron chi connectivity index (χ1n) is 6.82. The Labute approximate surface area is 114 Å². The van der Waals surface area contributed by atoms with Crippen molar-refractivity contribution < 1.29 is 14.3 Å². The van der Waals surface area contributed by atoms with Crippen molar-refractivity contribution in [3.05, 3.63) is 23.3 Å². The fraction of sp³-hybridized carbons (Fsp3) is 0.643. The summed E-state index contributed by atoms with van der Waals surface area (Å²) in [5.74, 6) is 0.268. The van der Waals surface area contributed by atoms with Crippen LogP contribution >= 0.6 is 0 Å². The molecule has 19 heavy (non-hydrogen) atoms. The van der Waals surface area contributed by atoms with E-state index in [1.54, 1.807) is 13.1 Å². The van der Waals surface area contributed by atoms with Crippen LogP contribution in [0.5, 0.6) is 0 Å². The van der Waals surface area contributed by atoms with Gasteiger partial charge in [-0.05, 0) is 26.7 Å². The van der Waals surface area contributed by atoms with E-state index in [2.05, 4.69) is 9.97 Å². The van der Waals surface area contributed by atoms with E-state index in [0.717, 1.165) is 6.42 Å². The molecule has 0 radical (unpaired) electrons. The molecule has 106 valence electrons. The molecule has 1 aromatic heterocycles. The van der Waals surface area contributed by atoms with Gasteiger partial charge in [0.05, 0.1) is 17.9 Å². The standard InChI is InChI=1S/C14H22N2O3/c1-5-11-10(14(17)19-8-4)9-15-13(16-11)12(6-2)18-7-3/h9,12H,5-8H2,1-4H3. The van der Waals surface area contributed by atoms with Gasteiger partial charge in [0.25, 0.3) is 0 Å². The van der Waals surface area contributed by atoms with E-state index in [1.807, 2.05) is 20.8 Å². The molecule has 1 rings (SSSR count). The average molecular weight is 266 g/mol. The van der Waals surface area contributed by atoms with Gasteiger partial charge in [0.2, 0.25) is 0 Å². The zero-order valence-corrected chi connectivity index (χ0v) is 12.1. The van der Waals surface area contributed by atoms with Gasteiger partial charge >= 0.3 is 5.97 Å². The second-order valence-electron chi connectivity index (χ2n) is 4.01. The number of hydrogen-bond acceptors (Lipinski definition) is 5. The van der Waals surface area contributed by atoms with Crippen molar-refractivity contribution in [1.29, 1.82) is 0 Å². The second kappa shape index (κ2) is 7.84. The highest BCUT2D eigenvalue weighted by molar-refractivity contribution is 5.90. The van der Waals surface area contributed by atoms with Crippen LogP contribution in [-0.2, 0) is 15.9 Å². The normalized spacial score (nSPS) is 12.2. The molecule has 0 aliphatic carbocycles. The van der Waals surface area contributed by atoms with Gasteiger partial charge in [-0.1, -0.05) is 13.8 Å². The number of hydrogen-bond donors (Lipinski definition) is 0. The van der Waals surface area contributed by atoms with Gasteiger partial charge in [-0.25, -0.2) is 14.8 Å². The highest BCUT2D eigenvalue weighted by Gasteiger charge is 2.18. The first-order valence-corrected chi connectivity index (χ1v) is 6.82. The molecule has 0 aliphatic heterocycles. The Morgan fingerprint density at radius 1 is 1.26 bits per heavy atom. The molecule has 5 nitrogen and oxygen atoms in total. The number of carbonyl (C=O) groups excluding carboxylic acids is 1. The molecule has 0 spiro atoms. The summed E-state index contributed by atoms with van der Waals surface area (Å²) in [4.78, 5) is 20.5. The first kappa shape index (κ1) is 15.6. The molecular weight excluding hydrogens is 244 g/mol. The van der Waals surface area contributed by atoms with Crippen LogP contribution in [0.3, 0.4) is 0 Å². The van der Waals surface area contributed by atoms with Crippen molar-refractivity contribution in [3.8, 4) is 0 Å². The van der Waals surface area contributed by atoms with Gasteiger partial charge in [-0.3, -0.25) is 0 Å². The molecule has 0 bridgehead atoms. The predicted octanol–water partition coefficient (Wildman–Crippen LogP) is 2.70. The van der Waals surface area contributed by atoms with Crippen molar-refractivity contribution in [3.63, 3.8) is 0 Å². The van der Waals surface area contributed by atoms with Crippen LogP contribution < -0.4 is 0 Å². The van der Waals surface area contributed by atoms with E-state index < -0.39 is 0 Å².